The lowest BCUT2D eigenvalue weighted by Gasteiger charge is -2.08. The Morgan fingerprint density at radius 3 is 2.07 bits per heavy atom. The van der Waals surface area contributed by atoms with Crippen molar-refractivity contribution in [2.24, 2.45) is 0 Å². The minimum atomic E-state index is -0.484. The fourth-order valence-electron chi connectivity index (χ4n) is 1.24. The Kier molecular flexibility index (Phi) is 3.19. The summed E-state index contributed by atoms with van der Waals surface area (Å²) in [6.07, 6.45) is 0.337. The van der Waals surface area contributed by atoms with Crippen LogP contribution in [0.25, 0.3) is 0 Å². The first-order valence-corrected chi connectivity index (χ1v) is 4.42. The first-order valence-electron chi connectivity index (χ1n) is 4.42. The Labute approximate surface area is 82.1 Å². The first-order chi connectivity index (χ1) is 6.50. The van der Waals surface area contributed by atoms with E-state index in [0.717, 1.165) is 12.1 Å². The highest BCUT2D eigenvalue weighted by Crippen LogP contribution is 2.32. The molecule has 4 heteroatoms. The van der Waals surface area contributed by atoms with Crippen molar-refractivity contribution >= 4 is 0 Å². The Morgan fingerprint density at radius 2 is 1.64 bits per heavy atom. The number of rotatable bonds is 3. The highest BCUT2D eigenvalue weighted by Gasteiger charge is 2.10. The van der Waals surface area contributed by atoms with Crippen LogP contribution in [0, 0.1) is 0 Å². The zero-order chi connectivity index (χ0) is 10.7. The zero-order valence-corrected chi connectivity index (χ0v) is 7.94. The van der Waals surface area contributed by atoms with Crippen LogP contribution in [-0.2, 0) is 6.42 Å². The van der Waals surface area contributed by atoms with E-state index in [2.05, 4.69) is 0 Å². The molecular weight excluding hydrogens is 184 g/mol. The fraction of sp³-hybridized carbons (Fsp3) is 0.400. The van der Waals surface area contributed by atoms with E-state index in [9.17, 15) is 10.2 Å². The smallest absolute Gasteiger partial charge is 0.126 e. The van der Waals surface area contributed by atoms with Crippen LogP contribution >= 0.6 is 0 Å². The fourth-order valence-corrected chi connectivity index (χ4v) is 1.24. The predicted molar refractivity (Wildman–Crippen MR) is 51.4 cm³/mol. The first kappa shape index (κ1) is 10.7. The van der Waals surface area contributed by atoms with E-state index in [1.165, 1.54) is 0 Å². The molecule has 1 unspecified atom stereocenters. The van der Waals surface area contributed by atoms with E-state index in [-0.39, 0.29) is 17.2 Å². The van der Waals surface area contributed by atoms with Crippen LogP contribution in [0.4, 0.5) is 0 Å². The lowest BCUT2D eigenvalue weighted by atomic mass is 10.0. The Hall–Kier alpha value is -1.42. The Morgan fingerprint density at radius 1 is 1.14 bits per heavy atom. The summed E-state index contributed by atoms with van der Waals surface area (Å²) < 4.78 is 0. The summed E-state index contributed by atoms with van der Waals surface area (Å²) in [6, 6.07) is 2.33. The third kappa shape index (κ3) is 2.53. The topological polar surface area (TPSA) is 80.9 Å². The number of phenolic OH excluding ortho intramolecular Hbond substituents is 3. The van der Waals surface area contributed by atoms with Gasteiger partial charge in [0.15, 0.2) is 0 Å². The normalized spacial score (nSPS) is 12.7. The summed E-state index contributed by atoms with van der Waals surface area (Å²) in [4.78, 5) is 0. The van der Waals surface area contributed by atoms with E-state index in [1.54, 1.807) is 6.92 Å². The quantitative estimate of drug-likeness (QED) is 0.586. The van der Waals surface area contributed by atoms with E-state index >= 15 is 0 Å². The molecule has 0 heterocycles. The number of aliphatic hydroxyl groups is 1. The molecule has 0 aliphatic carbocycles. The van der Waals surface area contributed by atoms with Crippen LogP contribution in [0.15, 0.2) is 12.1 Å². The molecule has 0 saturated heterocycles. The van der Waals surface area contributed by atoms with Gasteiger partial charge in [0.1, 0.15) is 17.2 Å². The van der Waals surface area contributed by atoms with Crippen molar-refractivity contribution in [3.05, 3.63) is 17.7 Å². The molecule has 0 saturated carbocycles. The van der Waals surface area contributed by atoms with Crippen molar-refractivity contribution in [1.82, 2.24) is 0 Å². The summed E-state index contributed by atoms with van der Waals surface area (Å²) in [6.45, 7) is 1.63. The van der Waals surface area contributed by atoms with Gasteiger partial charge >= 0.3 is 0 Å². The molecule has 0 amide bonds. The van der Waals surface area contributed by atoms with Gasteiger partial charge in [-0.3, -0.25) is 0 Å². The maximum absolute atomic E-state index is 9.38. The van der Waals surface area contributed by atoms with Crippen molar-refractivity contribution in [3.8, 4) is 17.2 Å². The molecule has 1 aromatic carbocycles. The summed E-state index contributed by atoms with van der Waals surface area (Å²) >= 11 is 0. The van der Waals surface area contributed by atoms with Gasteiger partial charge in [-0.2, -0.15) is 0 Å². The number of phenols is 3. The monoisotopic (exact) mass is 198 g/mol. The van der Waals surface area contributed by atoms with Gasteiger partial charge in [-0.05, 0) is 19.8 Å². The molecule has 0 fully saturated rings. The number of hydrogen-bond donors (Lipinski definition) is 4. The second kappa shape index (κ2) is 4.19. The van der Waals surface area contributed by atoms with Gasteiger partial charge < -0.3 is 20.4 Å². The summed E-state index contributed by atoms with van der Waals surface area (Å²) in [7, 11) is 0. The molecule has 0 aliphatic rings. The highest BCUT2D eigenvalue weighted by atomic mass is 16.3. The lowest BCUT2D eigenvalue weighted by molar-refractivity contribution is 0.184. The molecule has 4 N–H and O–H groups in total. The molecule has 0 aromatic heterocycles. The van der Waals surface area contributed by atoms with Crippen LogP contribution in [0.1, 0.15) is 18.9 Å². The standard InChI is InChI=1S/C10H14O4/c1-6(11)2-3-8-9(13)4-7(12)5-10(8)14/h4-6,11-14H,2-3H2,1H3. The van der Waals surface area contributed by atoms with Crippen molar-refractivity contribution in [3.63, 3.8) is 0 Å². The van der Waals surface area contributed by atoms with Crippen molar-refractivity contribution in [2.45, 2.75) is 25.9 Å². The lowest BCUT2D eigenvalue weighted by Crippen LogP contribution is -2.01. The van der Waals surface area contributed by atoms with Gasteiger partial charge in [0.05, 0.1) is 6.10 Å². The Bertz CT molecular complexity index is 297. The number of aliphatic hydroxyl groups excluding tert-OH is 1. The van der Waals surface area contributed by atoms with Crippen molar-refractivity contribution in [1.29, 1.82) is 0 Å². The molecule has 0 radical (unpaired) electrons. The average molecular weight is 198 g/mol. The molecule has 4 nitrogen and oxygen atoms in total. The van der Waals surface area contributed by atoms with Crippen LogP contribution < -0.4 is 0 Å². The van der Waals surface area contributed by atoms with Gasteiger partial charge in [-0.1, -0.05) is 0 Å². The third-order valence-electron chi connectivity index (χ3n) is 2.00. The van der Waals surface area contributed by atoms with Gasteiger partial charge in [-0.15, -0.1) is 0 Å². The van der Waals surface area contributed by atoms with Crippen molar-refractivity contribution < 1.29 is 20.4 Å². The second-order valence-corrected chi connectivity index (χ2v) is 3.35. The van der Waals surface area contributed by atoms with Crippen LogP contribution in [0.5, 0.6) is 17.2 Å². The zero-order valence-electron chi connectivity index (χ0n) is 7.94. The molecular formula is C10H14O4. The summed E-state index contributed by atoms with van der Waals surface area (Å²) in [5.74, 6) is -0.480. The number of aromatic hydroxyl groups is 3. The summed E-state index contributed by atoms with van der Waals surface area (Å²) in [5.41, 5.74) is 0.351. The largest absolute Gasteiger partial charge is 0.508 e. The average Bonchev–Trinajstić information content (AvgIpc) is 2.01. The third-order valence-corrected chi connectivity index (χ3v) is 2.00. The van der Waals surface area contributed by atoms with Gasteiger partial charge in [0, 0.05) is 17.7 Å². The maximum atomic E-state index is 9.38. The highest BCUT2D eigenvalue weighted by molar-refractivity contribution is 5.48. The molecule has 1 rings (SSSR count). The predicted octanol–water partition coefficient (Wildman–Crippen LogP) is 1.12. The molecule has 0 spiro atoms. The molecule has 0 bridgehead atoms. The molecule has 1 aromatic rings. The van der Waals surface area contributed by atoms with E-state index in [1.807, 2.05) is 0 Å². The molecule has 1 atom stereocenters. The van der Waals surface area contributed by atoms with Crippen molar-refractivity contribution in [2.75, 3.05) is 0 Å². The maximum Gasteiger partial charge on any atom is 0.126 e. The Balaban J connectivity index is 2.86. The number of hydrogen-bond acceptors (Lipinski definition) is 4. The van der Waals surface area contributed by atoms with Gasteiger partial charge in [0.2, 0.25) is 0 Å². The molecule has 14 heavy (non-hydrogen) atoms. The van der Waals surface area contributed by atoms with E-state index < -0.39 is 6.10 Å². The van der Waals surface area contributed by atoms with Gasteiger partial charge in [-0.25, -0.2) is 0 Å². The van der Waals surface area contributed by atoms with Crippen LogP contribution in [0.3, 0.4) is 0 Å². The summed E-state index contributed by atoms with van der Waals surface area (Å²) in [5, 5.41) is 36.8. The minimum Gasteiger partial charge on any atom is -0.508 e. The molecule has 78 valence electrons. The molecule has 0 aliphatic heterocycles. The van der Waals surface area contributed by atoms with E-state index in [0.29, 0.717) is 18.4 Å². The van der Waals surface area contributed by atoms with E-state index in [4.69, 9.17) is 10.2 Å². The number of benzene rings is 1. The minimum absolute atomic E-state index is 0.150. The second-order valence-electron chi connectivity index (χ2n) is 3.35. The van der Waals surface area contributed by atoms with Gasteiger partial charge in [0.25, 0.3) is 0 Å². The SMILES string of the molecule is CC(O)CCc1c(O)cc(O)cc1O. The van der Waals surface area contributed by atoms with Crippen LogP contribution in [-0.4, -0.2) is 26.5 Å². The van der Waals surface area contributed by atoms with Crippen LogP contribution in [0.2, 0.25) is 0 Å².